The summed E-state index contributed by atoms with van der Waals surface area (Å²) in [5.74, 6) is 1.83. The number of fused-ring (bicyclic) bond motifs is 1. The van der Waals surface area contributed by atoms with Gasteiger partial charge in [0.1, 0.15) is 18.9 Å². The van der Waals surface area contributed by atoms with Crippen LogP contribution in [0.25, 0.3) is 16.7 Å². The normalized spacial score (nSPS) is 16.9. The van der Waals surface area contributed by atoms with Gasteiger partial charge in [0.2, 0.25) is 0 Å². The van der Waals surface area contributed by atoms with Crippen molar-refractivity contribution in [1.82, 2.24) is 14.5 Å². The first-order valence-electron chi connectivity index (χ1n) is 11.5. The van der Waals surface area contributed by atoms with E-state index in [-0.39, 0.29) is 6.61 Å². The second-order valence-corrected chi connectivity index (χ2v) is 8.99. The highest BCUT2D eigenvalue weighted by molar-refractivity contribution is 6.52. The maximum Gasteiger partial charge on any atom is 0.150 e. The van der Waals surface area contributed by atoms with Crippen LogP contribution in [0.3, 0.4) is 0 Å². The van der Waals surface area contributed by atoms with Crippen LogP contribution < -0.4 is 10.4 Å². The molecule has 0 aliphatic carbocycles. The van der Waals surface area contributed by atoms with Gasteiger partial charge in [0.25, 0.3) is 0 Å². The number of aliphatic hydroxyl groups is 1. The smallest absolute Gasteiger partial charge is 0.150 e. The van der Waals surface area contributed by atoms with Crippen LogP contribution in [-0.4, -0.2) is 46.1 Å². The molecular formula is C25H34BN4O. The lowest BCUT2D eigenvalue weighted by Crippen LogP contribution is -2.41. The van der Waals surface area contributed by atoms with Gasteiger partial charge in [-0.25, -0.2) is 9.97 Å². The zero-order valence-electron chi connectivity index (χ0n) is 19.8. The molecule has 5 nitrogen and oxygen atoms in total. The van der Waals surface area contributed by atoms with Gasteiger partial charge < -0.3 is 10.0 Å². The highest BCUT2D eigenvalue weighted by Gasteiger charge is 2.28. The molecule has 0 saturated carbocycles. The van der Waals surface area contributed by atoms with Gasteiger partial charge in [-0.3, -0.25) is 4.57 Å². The number of aliphatic hydroxyl groups excluding tert-OH is 1. The van der Waals surface area contributed by atoms with Crippen LogP contribution >= 0.6 is 0 Å². The highest BCUT2D eigenvalue weighted by Crippen LogP contribution is 2.37. The van der Waals surface area contributed by atoms with Crippen LogP contribution in [0.5, 0.6) is 0 Å². The molecule has 1 saturated heterocycles. The minimum atomic E-state index is 0.215. The quantitative estimate of drug-likeness (QED) is 0.636. The van der Waals surface area contributed by atoms with Gasteiger partial charge in [0.15, 0.2) is 5.65 Å². The van der Waals surface area contributed by atoms with E-state index in [1.54, 1.807) is 0 Å². The molecule has 1 radical (unpaired) electrons. The van der Waals surface area contributed by atoms with E-state index in [0.29, 0.717) is 6.04 Å². The Kier molecular flexibility index (Phi) is 6.11. The number of piperidine rings is 1. The lowest BCUT2D eigenvalue weighted by atomic mass is 9.72. The third-order valence-corrected chi connectivity index (χ3v) is 6.88. The number of aromatic nitrogens is 3. The molecule has 2 aromatic heterocycles. The molecule has 3 aromatic rings. The minimum absolute atomic E-state index is 0.215. The van der Waals surface area contributed by atoms with E-state index >= 15 is 0 Å². The van der Waals surface area contributed by atoms with Crippen molar-refractivity contribution in [2.75, 3.05) is 18.1 Å². The lowest BCUT2D eigenvalue weighted by Gasteiger charge is -2.37. The van der Waals surface area contributed by atoms with E-state index in [2.05, 4.69) is 63.4 Å². The van der Waals surface area contributed by atoms with Crippen LogP contribution in [0.2, 0.25) is 6.82 Å². The highest BCUT2D eigenvalue weighted by atomic mass is 16.3. The predicted octanol–water partition coefficient (Wildman–Crippen LogP) is 4.08. The van der Waals surface area contributed by atoms with E-state index in [1.807, 2.05) is 6.92 Å². The molecule has 1 aliphatic rings. The third-order valence-electron chi connectivity index (χ3n) is 6.88. The number of nitrogens with zero attached hydrogens (tertiary/aromatic N) is 4. The van der Waals surface area contributed by atoms with Gasteiger partial charge in [0.05, 0.1) is 11.1 Å². The van der Waals surface area contributed by atoms with Crippen molar-refractivity contribution in [3.63, 3.8) is 0 Å². The molecule has 1 N–H and O–H groups in total. The Balaban J connectivity index is 1.98. The van der Waals surface area contributed by atoms with Crippen molar-refractivity contribution >= 4 is 29.6 Å². The average Bonchev–Trinajstić information content (AvgIpc) is 2.98. The van der Waals surface area contributed by atoms with Crippen LogP contribution in [-0.2, 0) is 0 Å². The molecule has 31 heavy (non-hydrogen) atoms. The molecule has 1 atom stereocenters. The van der Waals surface area contributed by atoms with Crippen molar-refractivity contribution < 1.29 is 5.11 Å². The van der Waals surface area contributed by atoms with Gasteiger partial charge in [-0.05, 0) is 77.0 Å². The molecule has 4 rings (SSSR count). The molecule has 0 spiro atoms. The maximum absolute atomic E-state index is 9.64. The fraction of sp³-hybridized carbons (Fsp3) is 0.520. The molecule has 6 heteroatoms. The summed E-state index contributed by atoms with van der Waals surface area (Å²) in [5, 5.41) is 10.8. The predicted molar refractivity (Wildman–Crippen MR) is 130 cm³/mol. The molecule has 1 aromatic carbocycles. The Labute approximate surface area is 186 Å². The first-order valence-corrected chi connectivity index (χ1v) is 11.5. The van der Waals surface area contributed by atoms with Gasteiger partial charge in [-0.2, -0.15) is 0 Å². The first kappa shape index (κ1) is 21.9. The Bertz CT molecular complexity index is 1100. The number of benzene rings is 1. The van der Waals surface area contributed by atoms with Crippen molar-refractivity contribution in [2.45, 2.75) is 73.2 Å². The summed E-state index contributed by atoms with van der Waals surface area (Å²) in [5.41, 5.74) is 8.41. The summed E-state index contributed by atoms with van der Waals surface area (Å²) in [6, 6.07) is 4.83. The fourth-order valence-corrected chi connectivity index (χ4v) is 5.27. The van der Waals surface area contributed by atoms with Gasteiger partial charge in [-0.15, -0.1) is 0 Å². The Morgan fingerprint density at radius 3 is 2.42 bits per heavy atom. The molecule has 1 unspecified atom stereocenters. The number of hydrogen-bond acceptors (Lipinski definition) is 4. The summed E-state index contributed by atoms with van der Waals surface area (Å²) in [7, 11) is 2.15. The van der Waals surface area contributed by atoms with E-state index in [0.717, 1.165) is 42.1 Å². The topological polar surface area (TPSA) is 54.2 Å². The third kappa shape index (κ3) is 3.75. The summed E-state index contributed by atoms with van der Waals surface area (Å²) >= 11 is 0. The lowest BCUT2D eigenvalue weighted by molar-refractivity contribution is 0.262. The molecule has 1 aliphatic heterocycles. The molecule has 0 bridgehead atoms. The van der Waals surface area contributed by atoms with Crippen molar-refractivity contribution in [1.29, 1.82) is 0 Å². The number of hydrogen-bond donors (Lipinski definition) is 1. The van der Waals surface area contributed by atoms with E-state index < -0.39 is 0 Å². The minimum Gasteiger partial charge on any atom is -0.396 e. The number of rotatable bonds is 5. The molecule has 1 fully saturated rings. The Morgan fingerprint density at radius 1 is 1.06 bits per heavy atom. The summed E-state index contributed by atoms with van der Waals surface area (Å²) in [6.45, 7) is 14.0. The second-order valence-electron chi connectivity index (χ2n) is 8.99. The molecule has 0 amide bonds. The monoisotopic (exact) mass is 417 g/mol. The number of anilines is 1. The average molecular weight is 417 g/mol. The van der Waals surface area contributed by atoms with Crippen LogP contribution in [0.15, 0.2) is 12.1 Å². The maximum atomic E-state index is 9.64. The molecule has 163 valence electrons. The first-order chi connectivity index (χ1) is 14.9. The van der Waals surface area contributed by atoms with Crippen molar-refractivity contribution in [2.24, 2.45) is 0 Å². The number of aryl methyl sites for hydroxylation is 4. The second kappa shape index (κ2) is 8.66. The van der Waals surface area contributed by atoms with E-state index in [9.17, 15) is 5.11 Å². The zero-order chi connectivity index (χ0) is 22.3. The standard InChI is InChI=1S/C25H34BN4O/c1-15-13-20(26-6)14-16(2)23(15)30-18(4)17(3)22-24(27-19(5)28-25(22)30)29-11-8-7-9-21(29)10-12-31/h13-14,21,31H,7-12H2,1-6H3. The summed E-state index contributed by atoms with van der Waals surface area (Å²) in [4.78, 5) is 12.3. The van der Waals surface area contributed by atoms with Crippen LogP contribution in [0.1, 0.15) is 53.9 Å². The zero-order valence-corrected chi connectivity index (χ0v) is 19.8. The fourth-order valence-electron chi connectivity index (χ4n) is 5.27. The summed E-state index contributed by atoms with van der Waals surface area (Å²) < 4.78 is 2.33. The SMILES string of the molecule is C[B]c1cc(C)c(-n2c(C)c(C)c3c(N4CCCCC4CCO)nc(C)nc32)c(C)c1. The summed E-state index contributed by atoms with van der Waals surface area (Å²) in [6.07, 6.45) is 4.28. The van der Waals surface area contributed by atoms with E-state index in [1.165, 1.54) is 46.4 Å². The largest absolute Gasteiger partial charge is 0.396 e. The van der Waals surface area contributed by atoms with Crippen LogP contribution in [0.4, 0.5) is 5.82 Å². The van der Waals surface area contributed by atoms with Crippen molar-refractivity contribution in [3.05, 3.63) is 40.3 Å². The molecular weight excluding hydrogens is 383 g/mol. The Hall–Kier alpha value is -2.34. The van der Waals surface area contributed by atoms with Gasteiger partial charge in [0, 0.05) is 24.9 Å². The van der Waals surface area contributed by atoms with E-state index in [4.69, 9.17) is 9.97 Å². The Morgan fingerprint density at radius 2 is 1.77 bits per heavy atom. The van der Waals surface area contributed by atoms with Crippen molar-refractivity contribution in [3.8, 4) is 5.69 Å². The molecule has 3 heterocycles. The van der Waals surface area contributed by atoms with Gasteiger partial charge in [-0.1, -0.05) is 24.4 Å². The van der Waals surface area contributed by atoms with Crippen LogP contribution in [0, 0.1) is 34.6 Å². The van der Waals surface area contributed by atoms with Gasteiger partial charge >= 0.3 is 0 Å².